The molecular weight excluding hydrogens is 351 g/mol. The molecule has 0 unspecified atom stereocenters. The first-order valence-corrected chi connectivity index (χ1v) is 8.49. The Morgan fingerprint density at radius 2 is 2.00 bits per heavy atom. The van der Waals surface area contributed by atoms with Crippen LogP contribution in [0.1, 0.15) is 15.9 Å². The Bertz CT molecular complexity index is 848. The maximum Gasteiger partial charge on any atom is 0.191 e. The van der Waals surface area contributed by atoms with Crippen LogP contribution in [0.2, 0.25) is 5.02 Å². The average Bonchev–Trinajstić information content (AvgIpc) is 2.57. The molecule has 0 N–H and O–H groups in total. The molecule has 0 bridgehead atoms. The summed E-state index contributed by atoms with van der Waals surface area (Å²) in [5.41, 5.74) is 1.70. The lowest BCUT2D eigenvalue weighted by atomic mass is 10.0. The Labute approximate surface area is 148 Å². The molecule has 0 amide bonds. The zero-order valence-corrected chi connectivity index (χ0v) is 14.6. The fourth-order valence-corrected chi connectivity index (χ4v) is 3.82. The molecule has 0 aromatic heterocycles. The molecule has 0 radical (unpaired) electrons. The lowest BCUT2D eigenvalue weighted by Gasteiger charge is -2.17. The van der Waals surface area contributed by atoms with Crippen molar-refractivity contribution in [1.29, 1.82) is 0 Å². The van der Waals surface area contributed by atoms with Crippen LogP contribution in [-0.4, -0.2) is 25.8 Å². The quantitative estimate of drug-likeness (QED) is 0.728. The number of methoxy groups -OCH3 is 2. The molecule has 3 rings (SSSR count). The van der Waals surface area contributed by atoms with Crippen LogP contribution >= 0.6 is 23.4 Å². The van der Waals surface area contributed by atoms with Gasteiger partial charge in [-0.25, -0.2) is 4.39 Å². The summed E-state index contributed by atoms with van der Waals surface area (Å²) in [5.74, 6) is 0.855. The van der Waals surface area contributed by atoms with Crippen molar-refractivity contribution < 1.29 is 18.7 Å². The third-order valence-corrected chi connectivity index (χ3v) is 5.06. The van der Waals surface area contributed by atoms with E-state index in [1.807, 2.05) is 0 Å². The molecule has 0 saturated carbocycles. The van der Waals surface area contributed by atoms with Gasteiger partial charge in [0.25, 0.3) is 0 Å². The summed E-state index contributed by atoms with van der Waals surface area (Å²) in [6, 6.07) is 7.73. The average molecular weight is 365 g/mol. The second kappa shape index (κ2) is 6.87. The molecule has 1 aliphatic rings. The summed E-state index contributed by atoms with van der Waals surface area (Å²) in [7, 11) is 3.03. The topological polar surface area (TPSA) is 35.5 Å². The summed E-state index contributed by atoms with van der Waals surface area (Å²) in [4.78, 5) is 13.4. The summed E-state index contributed by atoms with van der Waals surface area (Å²) < 4.78 is 23.9. The van der Waals surface area contributed by atoms with Crippen molar-refractivity contribution in [2.45, 2.75) is 4.90 Å². The van der Waals surface area contributed by atoms with Gasteiger partial charge in [-0.15, -0.1) is 11.8 Å². The number of benzene rings is 2. The van der Waals surface area contributed by atoms with Gasteiger partial charge >= 0.3 is 0 Å². The predicted molar refractivity (Wildman–Crippen MR) is 94.0 cm³/mol. The first-order chi connectivity index (χ1) is 11.5. The van der Waals surface area contributed by atoms with Crippen molar-refractivity contribution in [1.82, 2.24) is 0 Å². The lowest BCUT2D eigenvalue weighted by molar-refractivity contribution is 0.103. The second-order valence-electron chi connectivity index (χ2n) is 5.17. The Kier molecular flexibility index (Phi) is 4.83. The normalized spacial score (nSPS) is 15.3. The van der Waals surface area contributed by atoms with Crippen molar-refractivity contribution in [3.05, 3.63) is 57.9 Å². The zero-order chi connectivity index (χ0) is 17.3. The van der Waals surface area contributed by atoms with E-state index in [1.165, 1.54) is 38.1 Å². The Hall–Kier alpha value is -1.98. The number of halogens is 2. The van der Waals surface area contributed by atoms with Crippen LogP contribution in [-0.2, 0) is 0 Å². The molecule has 6 heteroatoms. The highest BCUT2D eigenvalue weighted by Crippen LogP contribution is 2.38. The van der Waals surface area contributed by atoms with Gasteiger partial charge in [-0.2, -0.15) is 0 Å². The van der Waals surface area contributed by atoms with Gasteiger partial charge < -0.3 is 9.47 Å². The van der Waals surface area contributed by atoms with Gasteiger partial charge in [-0.3, -0.25) is 4.79 Å². The number of rotatable bonds is 3. The molecule has 1 heterocycles. The van der Waals surface area contributed by atoms with Gasteiger partial charge in [0.2, 0.25) is 0 Å². The van der Waals surface area contributed by atoms with Gasteiger partial charge in [0.15, 0.2) is 17.3 Å². The summed E-state index contributed by atoms with van der Waals surface area (Å²) in [6.45, 7) is 0. The predicted octanol–water partition coefficient (Wildman–Crippen LogP) is 4.87. The van der Waals surface area contributed by atoms with Crippen LogP contribution in [0.25, 0.3) is 6.08 Å². The lowest BCUT2D eigenvalue weighted by Crippen LogP contribution is -2.12. The van der Waals surface area contributed by atoms with Gasteiger partial charge in [0, 0.05) is 21.8 Å². The summed E-state index contributed by atoms with van der Waals surface area (Å²) >= 11 is 7.70. The summed E-state index contributed by atoms with van der Waals surface area (Å²) in [6.07, 6.45) is 1.75. The van der Waals surface area contributed by atoms with Crippen molar-refractivity contribution in [2.75, 3.05) is 20.0 Å². The molecule has 124 valence electrons. The summed E-state index contributed by atoms with van der Waals surface area (Å²) in [5, 5.41) is 0.394. The van der Waals surface area contributed by atoms with Crippen LogP contribution in [0.4, 0.5) is 4.39 Å². The van der Waals surface area contributed by atoms with Gasteiger partial charge in [0.05, 0.1) is 19.2 Å². The van der Waals surface area contributed by atoms with Crippen LogP contribution < -0.4 is 9.47 Å². The SMILES string of the molecule is COc1cc(C=C2CSc3ccc(F)cc3C2=O)cc(Cl)c1OC. The fraction of sp³-hybridized carbons (Fsp3) is 0.167. The number of thioether (sulfide) groups is 1. The fourth-order valence-electron chi connectivity index (χ4n) is 2.53. The largest absolute Gasteiger partial charge is 0.493 e. The molecule has 0 atom stereocenters. The van der Waals surface area contributed by atoms with E-state index in [1.54, 1.807) is 24.3 Å². The molecule has 2 aromatic carbocycles. The molecule has 2 aromatic rings. The minimum absolute atomic E-state index is 0.172. The third kappa shape index (κ3) is 3.14. The van der Waals surface area contributed by atoms with E-state index in [0.29, 0.717) is 33.4 Å². The maximum absolute atomic E-state index is 13.4. The Morgan fingerprint density at radius 3 is 2.71 bits per heavy atom. The van der Waals surface area contributed by atoms with Gasteiger partial charge in [0.1, 0.15) is 5.82 Å². The molecule has 0 aliphatic carbocycles. The molecule has 3 nitrogen and oxygen atoms in total. The molecule has 24 heavy (non-hydrogen) atoms. The first-order valence-electron chi connectivity index (χ1n) is 7.12. The van der Waals surface area contributed by atoms with E-state index < -0.39 is 5.82 Å². The molecule has 0 fully saturated rings. The van der Waals surface area contributed by atoms with E-state index in [4.69, 9.17) is 21.1 Å². The van der Waals surface area contributed by atoms with E-state index in [9.17, 15) is 9.18 Å². The highest BCUT2D eigenvalue weighted by atomic mass is 35.5. The maximum atomic E-state index is 13.4. The highest BCUT2D eigenvalue weighted by molar-refractivity contribution is 7.99. The van der Waals surface area contributed by atoms with E-state index >= 15 is 0 Å². The van der Waals surface area contributed by atoms with Crippen molar-refractivity contribution >= 4 is 35.2 Å². The van der Waals surface area contributed by atoms with Gasteiger partial charge in [-0.1, -0.05) is 11.6 Å². The van der Waals surface area contributed by atoms with E-state index in [0.717, 1.165) is 10.5 Å². The Morgan fingerprint density at radius 1 is 1.21 bits per heavy atom. The number of ether oxygens (including phenoxy) is 2. The number of ketones is 1. The smallest absolute Gasteiger partial charge is 0.191 e. The van der Waals surface area contributed by atoms with Crippen molar-refractivity contribution in [3.63, 3.8) is 0 Å². The number of Topliss-reactive ketones (excluding diaryl/α,β-unsaturated/α-hetero) is 1. The van der Waals surface area contributed by atoms with E-state index in [-0.39, 0.29) is 5.78 Å². The standard InChI is InChI=1S/C18H14ClFO3S/c1-22-15-7-10(6-14(19)18(15)23-2)5-11-9-24-16-4-3-12(20)8-13(16)17(11)21/h3-8H,9H2,1-2H3. The zero-order valence-electron chi connectivity index (χ0n) is 13.1. The monoisotopic (exact) mass is 364 g/mol. The van der Waals surface area contributed by atoms with Gasteiger partial charge in [-0.05, 0) is 42.0 Å². The number of fused-ring (bicyclic) bond motifs is 1. The molecule has 0 spiro atoms. The van der Waals surface area contributed by atoms with Crippen LogP contribution in [0.3, 0.4) is 0 Å². The van der Waals surface area contributed by atoms with Crippen LogP contribution in [0, 0.1) is 5.82 Å². The van der Waals surface area contributed by atoms with Crippen molar-refractivity contribution in [3.8, 4) is 11.5 Å². The molecule has 0 saturated heterocycles. The number of hydrogen-bond acceptors (Lipinski definition) is 4. The first kappa shape index (κ1) is 16.9. The molecule has 1 aliphatic heterocycles. The number of carbonyl (C=O) groups is 1. The second-order valence-corrected chi connectivity index (χ2v) is 6.59. The Balaban J connectivity index is 2.01. The third-order valence-electron chi connectivity index (χ3n) is 3.66. The van der Waals surface area contributed by atoms with Crippen molar-refractivity contribution in [2.24, 2.45) is 0 Å². The number of hydrogen-bond donors (Lipinski definition) is 0. The van der Waals surface area contributed by atoms with Crippen LogP contribution in [0.5, 0.6) is 11.5 Å². The van der Waals surface area contributed by atoms with Crippen LogP contribution in [0.15, 0.2) is 40.8 Å². The molecular formula is C18H14ClFO3S. The minimum Gasteiger partial charge on any atom is -0.493 e. The highest BCUT2D eigenvalue weighted by Gasteiger charge is 2.23. The number of carbonyl (C=O) groups excluding carboxylic acids is 1. The minimum atomic E-state index is -0.418. The van der Waals surface area contributed by atoms with E-state index in [2.05, 4.69) is 0 Å².